The van der Waals surface area contributed by atoms with Crippen LogP contribution in [0.4, 0.5) is 4.39 Å². The van der Waals surface area contributed by atoms with Gasteiger partial charge in [0.15, 0.2) is 5.65 Å². The molecule has 0 saturated carbocycles. The molecule has 0 aliphatic heterocycles. The van der Waals surface area contributed by atoms with E-state index >= 15 is 4.39 Å². The van der Waals surface area contributed by atoms with Crippen LogP contribution in [0.3, 0.4) is 0 Å². The number of rotatable bonds is 6. The third-order valence-electron chi connectivity index (χ3n) is 6.19. The summed E-state index contributed by atoms with van der Waals surface area (Å²) >= 11 is 0. The van der Waals surface area contributed by atoms with Crippen molar-refractivity contribution in [1.82, 2.24) is 34.7 Å². The summed E-state index contributed by atoms with van der Waals surface area (Å²) in [6.45, 7) is 5.05. The van der Waals surface area contributed by atoms with Gasteiger partial charge in [0.25, 0.3) is 0 Å². The van der Waals surface area contributed by atoms with Crippen molar-refractivity contribution in [1.29, 1.82) is 0 Å². The van der Waals surface area contributed by atoms with E-state index in [2.05, 4.69) is 25.4 Å². The first-order chi connectivity index (χ1) is 17.5. The van der Waals surface area contributed by atoms with Crippen molar-refractivity contribution in [2.45, 2.75) is 26.9 Å². The minimum atomic E-state index is -0.362. The molecular weight excluding hydrogens is 461 g/mol. The Morgan fingerprint density at radius 3 is 2.75 bits per heavy atom. The molecule has 0 bridgehead atoms. The van der Waals surface area contributed by atoms with Crippen molar-refractivity contribution >= 4 is 22.1 Å². The molecule has 4 aromatic heterocycles. The number of imidazole rings is 1. The molecule has 0 N–H and O–H groups in total. The summed E-state index contributed by atoms with van der Waals surface area (Å²) in [4.78, 5) is 4.52. The Morgan fingerprint density at radius 2 is 1.97 bits per heavy atom. The van der Waals surface area contributed by atoms with Gasteiger partial charge in [-0.15, -0.1) is 5.10 Å². The Bertz CT molecular complexity index is 1730. The molecule has 0 spiro atoms. The highest BCUT2D eigenvalue weighted by molar-refractivity contribution is 5.92. The van der Waals surface area contributed by atoms with E-state index in [0.717, 1.165) is 45.5 Å². The Kier molecular flexibility index (Phi) is 5.21. The number of aromatic nitrogens is 7. The van der Waals surface area contributed by atoms with E-state index in [9.17, 15) is 0 Å². The minimum Gasteiger partial charge on any atom is -0.496 e. The molecule has 0 atom stereocenters. The molecule has 180 valence electrons. The number of nitrogens with zero attached hydrogens (tertiary/aromatic N) is 7. The van der Waals surface area contributed by atoms with E-state index in [1.165, 1.54) is 6.07 Å². The van der Waals surface area contributed by atoms with Gasteiger partial charge in [0.2, 0.25) is 0 Å². The van der Waals surface area contributed by atoms with Gasteiger partial charge in [-0.1, -0.05) is 11.2 Å². The molecule has 10 heteroatoms. The van der Waals surface area contributed by atoms with E-state index in [1.54, 1.807) is 36.4 Å². The van der Waals surface area contributed by atoms with E-state index < -0.39 is 0 Å². The average molecular weight is 484 g/mol. The number of methoxy groups -OCH3 is 1. The van der Waals surface area contributed by atoms with Crippen LogP contribution in [0.1, 0.15) is 18.4 Å². The Balaban J connectivity index is 1.45. The predicted molar refractivity (Wildman–Crippen MR) is 132 cm³/mol. The maximum atomic E-state index is 15.2. The number of hydrogen-bond donors (Lipinski definition) is 0. The molecule has 2 aromatic carbocycles. The fourth-order valence-electron chi connectivity index (χ4n) is 4.44. The summed E-state index contributed by atoms with van der Waals surface area (Å²) in [7, 11) is 1.56. The second-order valence-electron chi connectivity index (χ2n) is 8.52. The summed E-state index contributed by atoms with van der Waals surface area (Å²) in [5.74, 6) is 0.901. The fraction of sp³-hybridized carbons (Fsp3) is 0.192. The maximum absolute atomic E-state index is 15.2. The highest BCUT2D eigenvalue weighted by Crippen LogP contribution is 2.38. The standard InChI is InChI=1S/C26H22FN7O2/c1-4-33-14-28-25-21(11-29-30-26(25)33)16-5-6-22(27)19(8-16)20-9-17-12-34(13-18-7-15(2)36-32-18)31-23(17)10-24(20)35-3/h5-12,14H,4,13H2,1-3H3. The molecule has 0 radical (unpaired) electrons. The van der Waals surface area contributed by atoms with E-state index in [0.29, 0.717) is 29.1 Å². The van der Waals surface area contributed by atoms with Gasteiger partial charge in [-0.05, 0) is 37.6 Å². The Hall–Kier alpha value is -4.60. The third kappa shape index (κ3) is 3.67. The number of aryl methyl sites for hydroxylation is 2. The third-order valence-corrected chi connectivity index (χ3v) is 6.19. The van der Waals surface area contributed by atoms with Crippen LogP contribution in [-0.4, -0.2) is 41.8 Å². The normalized spacial score (nSPS) is 11.6. The van der Waals surface area contributed by atoms with Crippen molar-refractivity contribution < 1.29 is 13.7 Å². The topological polar surface area (TPSA) is 96.7 Å². The molecule has 36 heavy (non-hydrogen) atoms. The Labute approximate surface area is 205 Å². The highest BCUT2D eigenvalue weighted by atomic mass is 19.1. The molecule has 4 heterocycles. The zero-order valence-electron chi connectivity index (χ0n) is 19.9. The molecule has 0 unspecified atom stereocenters. The lowest BCUT2D eigenvalue weighted by Gasteiger charge is -2.12. The molecule has 6 rings (SSSR count). The molecule has 0 aliphatic carbocycles. The van der Waals surface area contributed by atoms with Crippen molar-refractivity contribution in [3.63, 3.8) is 0 Å². The van der Waals surface area contributed by atoms with E-state index in [-0.39, 0.29) is 5.82 Å². The largest absolute Gasteiger partial charge is 0.496 e. The lowest BCUT2D eigenvalue weighted by atomic mass is 9.97. The summed E-state index contributed by atoms with van der Waals surface area (Å²) in [6, 6.07) is 10.5. The van der Waals surface area contributed by atoms with Crippen LogP contribution < -0.4 is 4.74 Å². The van der Waals surface area contributed by atoms with Crippen LogP contribution in [0.5, 0.6) is 5.75 Å². The molecule has 0 amide bonds. The van der Waals surface area contributed by atoms with Gasteiger partial charge in [0.05, 0.1) is 31.7 Å². The molecule has 0 saturated heterocycles. The molecule has 0 aliphatic rings. The highest BCUT2D eigenvalue weighted by Gasteiger charge is 2.18. The van der Waals surface area contributed by atoms with E-state index in [4.69, 9.17) is 9.26 Å². The van der Waals surface area contributed by atoms with Gasteiger partial charge in [0, 0.05) is 47.0 Å². The fourth-order valence-corrected chi connectivity index (χ4v) is 4.44. The number of hydrogen-bond acceptors (Lipinski definition) is 7. The van der Waals surface area contributed by atoms with Gasteiger partial charge >= 0.3 is 0 Å². The second kappa shape index (κ2) is 8.56. The maximum Gasteiger partial charge on any atom is 0.183 e. The molecule has 6 aromatic rings. The van der Waals surface area contributed by atoms with Crippen molar-refractivity contribution in [2.24, 2.45) is 0 Å². The smallest absolute Gasteiger partial charge is 0.183 e. The number of fused-ring (bicyclic) bond motifs is 2. The van der Waals surface area contributed by atoms with Crippen LogP contribution in [0, 0.1) is 12.7 Å². The zero-order chi connectivity index (χ0) is 24.8. The molecule has 0 fully saturated rings. The molecular formula is C26H22FN7O2. The van der Waals surface area contributed by atoms with Crippen LogP contribution in [0.25, 0.3) is 44.3 Å². The van der Waals surface area contributed by atoms with Crippen molar-refractivity contribution in [3.8, 4) is 28.0 Å². The Morgan fingerprint density at radius 1 is 1.08 bits per heavy atom. The minimum absolute atomic E-state index is 0.362. The van der Waals surface area contributed by atoms with Crippen LogP contribution >= 0.6 is 0 Å². The van der Waals surface area contributed by atoms with Gasteiger partial charge in [0.1, 0.15) is 28.5 Å². The van der Waals surface area contributed by atoms with Gasteiger partial charge in [-0.25, -0.2) is 9.37 Å². The van der Waals surface area contributed by atoms with Gasteiger partial charge in [-0.3, -0.25) is 4.68 Å². The van der Waals surface area contributed by atoms with Crippen molar-refractivity contribution in [2.75, 3.05) is 7.11 Å². The van der Waals surface area contributed by atoms with Crippen LogP contribution in [0.15, 0.2) is 59.6 Å². The van der Waals surface area contributed by atoms with E-state index in [1.807, 2.05) is 42.8 Å². The molecule has 9 nitrogen and oxygen atoms in total. The summed E-state index contributed by atoms with van der Waals surface area (Å²) in [5.41, 5.74) is 5.51. The first kappa shape index (κ1) is 21.9. The second-order valence-corrected chi connectivity index (χ2v) is 8.52. The monoisotopic (exact) mass is 483 g/mol. The lowest BCUT2D eigenvalue weighted by Crippen LogP contribution is -1.99. The lowest BCUT2D eigenvalue weighted by molar-refractivity contribution is 0.388. The van der Waals surface area contributed by atoms with Gasteiger partial charge in [-0.2, -0.15) is 10.2 Å². The predicted octanol–water partition coefficient (Wildman–Crippen LogP) is 5.02. The average Bonchev–Trinajstić information content (AvgIpc) is 3.60. The number of halogens is 1. The summed E-state index contributed by atoms with van der Waals surface area (Å²) < 4.78 is 29.7. The zero-order valence-corrected chi connectivity index (χ0v) is 19.9. The van der Waals surface area contributed by atoms with Crippen LogP contribution in [0.2, 0.25) is 0 Å². The van der Waals surface area contributed by atoms with Crippen LogP contribution in [-0.2, 0) is 13.1 Å². The first-order valence-electron chi connectivity index (χ1n) is 11.5. The SMILES string of the molecule is CCn1cnc2c(-c3ccc(F)c(-c4cc5cn(Cc6cc(C)on6)nc5cc4OC)c3)cnnc21. The summed E-state index contributed by atoms with van der Waals surface area (Å²) in [5, 5.41) is 17.9. The quantitative estimate of drug-likeness (QED) is 0.328. The van der Waals surface area contributed by atoms with Gasteiger partial charge < -0.3 is 13.8 Å². The van der Waals surface area contributed by atoms with Crippen molar-refractivity contribution in [3.05, 3.63) is 72.4 Å². The number of ether oxygens (including phenoxy) is 1. The number of benzene rings is 2. The first-order valence-corrected chi connectivity index (χ1v) is 11.5. The summed E-state index contributed by atoms with van der Waals surface area (Å²) in [6.07, 6.45) is 5.29.